The van der Waals surface area contributed by atoms with E-state index in [0.29, 0.717) is 6.54 Å². The molecule has 0 saturated carbocycles. The second-order valence-electron chi connectivity index (χ2n) is 4.58. The van der Waals surface area contributed by atoms with Crippen molar-refractivity contribution in [1.29, 1.82) is 0 Å². The Morgan fingerprint density at radius 1 is 1.33 bits per heavy atom. The van der Waals surface area contributed by atoms with Crippen LogP contribution in [0.4, 0.5) is 0 Å². The lowest BCUT2D eigenvalue weighted by Crippen LogP contribution is -2.08. The molecule has 2 N–H and O–H groups in total. The van der Waals surface area contributed by atoms with E-state index < -0.39 is 0 Å². The van der Waals surface area contributed by atoms with Crippen LogP contribution in [0.5, 0.6) is 0 Å². The number of aromatic nitrogens is 2. The molecular formula is C14H18BrN3. The second-order valence-corrected chi connectivity index (χ2v) is 5.33. The van der Waals surface area contributed by atoms with Crippen molar-refractivity contribution in [3.05, 3.63) is 39.8 Å². The summed E-state index contributed by atoms with van der Waals surface area (Å²) in [4.78, 5) is 4.55. The van der Waals surface area contributed by atoms with Crippen molar-refractivity contribution in [3.63, 3.8) is 0 Å². The summed E-state index contributed by atoms with van der Waals surface area (Å²) in [5.41, 5.74) is 10.5. The highest BCUT2D eigenvalue weighted by Gasteiger charge is 2.15. The fourth-order valence-electron chi connectivity index (χ4n) is 2.14. The zero-order valence-corrected chi connectivity index (χ0v) is 12.6. The summed E-state index contributed by atoms with van der Waals surface area (Å²) < 4.78 is 3.01. The van der Waals surface area contributed by atoms with Crippen LogP contribution >= 0.6 is 15.9 Å². The summed E-state index contributed by atoms with van der Waals surface area (Å²) in [6.07, 6.45) is 0.792. The molecule has 3 nitrogen and oxygen atoms in total. The molecule has 0 aliphatic rings. The van der Waals surface area contributed by atoms with Gasteiger partial charge >= 0.3 is 0 Å². The van der Waals surface area contributed by atoms with Gasteiger partial charge in [-0.05, 0) is 48.0 Å². The summed E-state index contributed by atoms with van der Waals surface area (Å²) in [7, 11) is 2.04. The smallest absolute Gasteiger partial charge is 0.132 e. The fourth-order valence-corrected chi connectivity index (χ4v) is 2.83. The Morgan fingerprint density at radius 3 is 2.72 bits per heavy atom. The minimum Gasteiger partial charge on any atom is -0.330 e. The number of imidazole rings is 1. The third kappa shape index (κ3) is 2.35. The van der Waals surface area contributed by atoms with Crippen LogP contribution in [-0.2, 0) is 13.5 Å². The molecule has 0 radical (unpaired) electrons. The highest BCUT2D eigenvalue weighted by atomic mass is 79.9. The molecule has 4 heteroatoms. The van der Waals surface area contributed by atoms with Crippen LogP contribution in [0.2, 0.25) is 0 Å². The molecule has 0 fully saturated rings. The summed E-state index contributed by atoms with van der Waals surface area (Å²) in [5.74, 6) is 1.01. The van der Waals surface area contributed by atoms with Gasteiger partial charge in [-0.1, -0.05) is 17.7 Å². The molecule has 96 valence electrons. The Bertz CT molecular complexity index is 573. The molecule has 0 aliphatic carbocycles. The number of nitrogens with zero attached hydrogens (tertiary/aromatic N) is 2. The third-order valence-electron chi connectivity index (χ3n) is 3.16. The van der Waals surface area contributed by atoms with E-state index in [4.69, 9.17) is 5.73 Å². The van der Waals surface area contributed by atoms with Gasteiger partial charge in [0.1, 0.15) is 10.4 Å². The fraction of sp³-hybridized carbons (Fsp3) is 0.357. The largest absolute Gasteiger partial charge is 0.330 e. The van der Waals surface area contributed by atoms with Gasteiger partial charge in [0.05, 0.1) is 5.69 Å². The first-order valence-electron chi connectivity index (χ1n) is 6.03. The van der Waals surface area contributed by atoms with E-state index in [-0.39, 0.29) is 0 Å². The lowest BCUT2D eigenvalue weighted by Gasteiger charge is -2.10. The maximum Gasteiger partial charge on any atom is 0.132 e. The van der Waals surface area contributed by atoms with Gasteiger partial charge in [0.25, 0.3) is 0 Å². The predicted molar refractivity (Wildman–Crippen MR) is 78.6 cm³/mol. The van der Waals surface area contributed by atoms with E-state index in [9.17, 15) is 0 Å². The average Bonchev–Trinajstić information content (AvgIpc) is 2.59. The number of aryl methyl sites for hydroxylation is 2. The van der Waals surface area contributed by atoms with Crippen LogP contribution in [0.1, 0.15) is 17.0 Å². The van der Waals surface area contributed by atoms with E-state index in [2.05, 4.69) is 57.5 Å². The van der Waals surface area contributed by atoms with Crippen molar-refractivity contribution in [2.45, 2.75) is 20.3 Å². The van der Waals surface area contributed by atoms with E-state index in [1.807, 2.05) is 7.05 Å². The molecule has 0 aliphatic heterocycles. The molecule has 0 bridgehead atoms. The maximum absolute atomic E-state index is 5.61. The van der Waals surface area contributed by atoms with Crippen molar-refractivity contribution in [2.24, 2.45) is 12.8 Å². The normalized spacial score (nSPS) is 10.9. The zero-order valence-electron chi connectivity index (χ0n) is 11.0. The van der Waals surface area contributed by atoms with E-state index in [1.165, 1.54) is 16.7 Å². The maximum atomic E-state index is 5.61. The van der Waals surface area contributed by atoms with Crippen LogP contribution in [0, 0.1) is 13.8 Å². The quantitative estimate of drug-likeness (QED) is 0.947. The first-order chi connectivity index (χ1) is 8.54. The van der Waals surface area contributed by atoms with Crippen molar-refractivity contribution in [2.75, 3.05) is 6.54 Å². The lowest BCUT2D eigenvalue weighted by atomic mass is 10.0. The number of hydrogen-bond donors (Lipinski definition) is 1. The molecule has 1 aromatic carbocycles. The highest BCUT2D eigenvalue weighted by Crippen LogP contribution is 2.31. The van der Waals surface area contributed by atoms with Gasteiger partial charge in [0.2, 0.25) is 0 Å². The van der Waals surface area contributed by atoms with Crippen molar-refractivity contribution in [1.82, 2.24) is 9.55 Å². The summed E-state index contributed by atoms with van der Waals surface area (Å²) in [5, 5.41) is 0. The van der Waals surface area contributed by atoms with Gasteiger partial charge in [0.15, 0.2) is 0 Å². The average molecular weight is 308 g/mol. The van der Waals surface area contributed by atoms with Crippen molar-refractivity contribution >= 4 is 15.9 Å². The van der Waals surface area contributed by atoms with Crippen molar-refractivity contribution in [3.8, 4) is 11.3 Å². The molecule has 0 spiro atoms. The molecule has 1 heterocycles. The molecular weight excluding hydrogens is 290 g/mol. The summed E-state index contributed by atoms with van der Waals surface area (Å²) in [6, 6.07) is 6.47. The number of nitrogens with two attached hydrogens (primary N) is 1. The van der Waals surface area contributed by atoms with Crippen LogP contribution in [0.15, 0.2) is 22.8 Å². The number of halogens is 1. The Hall–Kier alpha value is -1.13. The third-order valence-corrected chi connectivity index (χ3v) is 3.71. The molecule has 0 amide bonds. The van der Waals surface area contributed by atoms with Crippen LogP contribution in [0.3, 0.4) is 0 Å². The minimum absolute atomic E-state index is 0.615. The number of rotatable bonds is 3. The van der Waals surface area contributed by atoms with Crippen molar-refractivity contribution < 1.29 is 0 Å². The van der Waals surface area contributed by atoms with E-state index >= 15 is 0 Å². The van der Waals surface area contributed by atoms with E-state index in [1.54, 1.807) is 0 Å². The summed E-state index contributed by atoms with van der Waals surface area (Å²) >= 11 is 3.56. The molecule has 1 aromatic heterocycles. The number of benzene rings is 1. The monoisotopic (exact) mass is 307 g/mol. The molecule has 2 rings (SSSR count). The molecule has 0 unspecified atom stereocenters. The number of hydrogen-bond acceptors (Lipinski definition) is 2. The first kappa shape index (κ1) is 13.3. The van der Waals surface area contributed by atoms with Crippen LogP contribution in [0.25, 0.3) is 11.3 Å². The lowest BCUT2D eigenvalue weighted by molar-refractivity contribution is 0.781. The molecule has 0 atom stereocenters. The van der Waals surface area contributed by atoms with Gasteiger partial charge in [-0.3, -0.25) is 0 Å². The predicted octanol–water partition coefficient (Wildman–Crippen LogP) is 2.97. The zero-order chi connectivity index (χ0) is 13.3. The van der Waals surface area contributed by atoms with E-state index in [0.717, 1.165) is 22.5 Å². The van der Waals surface area contributed by atoms with Gasteiger partial charge in [0, 0.05) is 19.0 Å². The Morgan fingerprint density at radius 2 is 2.06 bits per heavy atom. The minimum atomic E-state index is 0.615. The van der Waals surface area contributed by atoms with Crippen LogP contribution in [-0.4, -0.2) is 16.1 Å². The van der Waals surface area contributed by atoms with Crippen LogP contribution < -0.4 is 5.73 Å². The standard InChI is InChI=1S/C14H18BrN3/c1-9-4-5-10(2)11(8-9)13-14(15)17-12(6-7-16)18(13)3/h4-5,8H,6-7,16H2,1-3H3. The van der Waals surface area contributed by atoms with Gasteiger partial charge in [-0.25, -0.2) is 4.98 Å². The SMILES string of the molecule is Cc1ccc(C)c(-c2c(Br)nc(CCN)n2C)c1. The first-order valence-corrected chi connectivity index (χ1v) is 6.82. The Kier molecular flexibility index (Phi) is 3.88. The Labute approximate surface area is 116 Å². The second kappa shape index (κ2) is 5.24. The molecule has 0 saturated heterocycles. The molecule has 2 aromatic rings. The topological polar surface area (TPSA) is 43.8 Å². The van der Waals surface area contributed by atoms with Gasteiger partial charge < -0.3 is 10.3 Å². The van der Waals surface area contributed by atoms with Gasteiger partial charge in [-0.2, -0.15) is 0 Å². The van der Waals surface area contributed by atoms with Gasteiger partial charge in [-0.15, -0.1) is 0 Å². The Balaban J connectivity index is 2.60. The molecule has 18 heavy (non-hydrogen) atoms. The summed E-state index contributed by atoms with van der Waals surface area (Å²) in [6.45, 7) is 4.84. The highest BCUT2D eigenvalue weighted by molar-refractivity contribution is 9.10.